The molecule has 1 aromatic carbocycles. The quantitative estimate of drug-likeness (QED) is 0.338. The van der Waals surface area contributed by atoms with Crippen LogP contribution in [0, 0.1) is 23.5 Å². The lowest BCUT2D eigenvalue weighted by molar-refractivity contribution is -0.129. The first-order valence-electron chi connectivity index (χ1n) is 11.2. The highest BCUT2D eigenvalue weighted by molar-refractivity contribution is 7.18. The van der Waals surface area contributed by atoms with Crippen LogP contribution >= 0.6 is 11.3 Å². The molecule has 0 saturated heterocycles. The van der Waals surface area contributed by atoms with Crippen molar-refractivity contribution in [1.29, 1.82) is 0 Å². The van der Waals surface area contributed by atoms with E-state index in [2.05, 4.69) is 33.4 Å². The fourth-order valence-electron chi connectivity index (χ4n) is 4.59. The van der Waals surface area contributed by atoms with E-state index >= 15 is 4.39 Å². The minimum Gasteiger partial charge on any atom is -0.383 e. The number of hydrogen-bond acceptors (Lipinski definition) is 6. The third-order valence-corrected chi connectivity index (χ3v) is 7.73. The molecule has 2 N–H and O–H groups in total. The molecule has 0 bridgehead atoms. The zero-order valence-electron chi connectivity index (χ0n) is 18.8. The summed E-state index contributed by atoms with van der Waals surface area (Å²) < 4.78 is 32.7. The summed E-state index contributed by atoms with van der Waals surface area (Å²) in [7, 11) is 0. The van der Waals surface area contributed by atoms with Crippen molar-refractivity contribution in [2.45, 2.75) is 44.8 Å². The molecule has 1 amide bonds. The summed E-state index contributed by atoms with van der Waals surface area (Å²) in [4.78, 5) is 27.0. The number of carbonyl (C=O) groups excluding carboxylic acids is 1. The van der Waals surface area contributed by atoms with Gasteiger partial charge in [-0.1, -0.05) is 18.4 Å². The molecular weight excluding hydrogens is 470 g/mol. The van der Waals surface area contributed by atoms with Crippen LogP contribution in [0.5, 0.6) is 0 Å². The number of nitrogens with zero attached hydrogens (tertiary/aromatic N) is 5. The average molecular weight is 491 g/mol. The number of aromatic nitrogens is 4. The van der Waals surface area contributed by atoms with Crippen molar-refractivity contribution >= 4 is 44.3 Å². The van der Waals surface area contributed by atoms with Gasteiger partial charge in [0.25, 0.3) is 0 Å². The molecule has 10 heteroatoms. The van der Waals surface area contributed by atoms with Gasteiger partial charge in [0.05, 0.1) is 38.5 Å². The first-order valence-corrected chi connectivity index (χ1v) is 12.0. The predicted molar refractivity (Wildman–Crippen MR) is 130 cm³/mol. The van der Waals surface area contributed by atoms with Crippen LogP contribution in [-0.2, 0) is 17.9 Å². The lowest BCUT2D eigenvalue weighted by Crippen LogP contribution is -2.44. The zero-order valence-corrected chi connectivity index (χ0v) is 19.6. The number of nitrogen functional groups attached to an aromatic ring is 1. The number of benzene rings is 1. The van der Waals surface area contributed by atoms with E-state index in [1.54, 1.807) is 4.90 Å². The molecule has 35 heavy (non-hydrogen) atoms. The third-order valence-electron chi connectivity index (χ3n) is 6.57. The van der Waals surface area contributed by atoms with E-state index in [0.29, 0.717) is 39.5 Å². The SMILES string of the molecule is C=CC(=O)N1Cc2c(C#Cc3c(F)cc4sc(C5CC5)nc4c3F)c3c(N)ncnc3n2C[C@H]1C. The van der Waals surface area contributed by atoms with E-state index < -0.39 is 11.6 Å². The number of rotatable bonds is 2. The Hall–Kier alpha value is -3.84. The first kappa shape index (κ1) is 21.7. The molecule has 3 aromatic heterocycles. The molecule has 1 atom stereocenters. The van der Waals surface area contributed by atoms with Crippen molar-refractivity contribution in [3.63, 3.8) is 0 Å². The molecule has 0 radical (unpaired) electrons. The molecule has 1 aliphatic heterocycles. The van der Waals surface area contributed by atoms with Crippen LogP contribution in [-0.4, -0.2) is 36.4 Å². The van der Waals surface area contributed by atoms with Gasteiger partial charge in [0.15, 0.2) is 5.82 Å². The minimum absolute atomic E-state index is 0.122. The van der Waals surface area contributed by atoms with Gasteiger partial charge < -0.3 is 15.2 Å². The molecule has 1 aliphatic carbocycles. The highest BCUT2D eigenvalue weighted by Crippen LogP contribution is 2.44. The summed E-state index contributed by atoms with van der Waals surface area (Å²) in [5, 5.41) is 1.34. The fraction of sp³-hybridized carbons (Fsp3) is 0.280. The summed E-state index contributed by atoms with van der Waals surface area (Å²) in [5.41, 5.74) is 7.67. The Bertz CT molecular complexity index is 1620. The molecule has 1 fully saturated rings. The number of carbonyl (C=O) groups is 1. The highest BCUT2D eigenvalue weighted by atomic mass is 32.1. The number of nitrogens with two attached hydrogens (primary N) is 1. The van der Waals surface area contributed by atoms with Gasteiger partial charge in [0.2, 0.25) is 5.91 Å². The minimum atomic E-state index is -0.769. The van der Waals surface area contributed by atoms with Crippen LogP contribution in [0.1, 0.15) is 47.5 Å². The normalized spacial score (nSPS) is 17.3. The summed E-state index contributed by atoms with van der Waals surface area (Å²) in [5.74, 6) is 4.44. The van der Waals surface area contributed by atoms with Gasteiger partial charge in [0.1, 0.15) is 29.1 Å². The van der Waals surface area contributed by atoms with Gasteiger partial charge in [0, 0.05) is 18.5 Å². The molecular formula is C25H20F2N6OS. The zero-order chi connectivity index (χ0) is 24.4. The van der Waals surface area contributed by atoms with E-state index in [-0.39, 0.29) is 35.4 Å². The number of fused-ring (bicyclic) bond motifs is 4. The van der Waals surface area contributed by atoms with E-state index in [1.165, 1.54) is 29.8 Å². The lowest BCUT2D eigenvalue weighted by atomic mass is 10.1. The second-order valence-corrected chi connectivity index (χ2v) is 9.94. The Morgan fingerprint density at radius 1 is 1.29 bits per heavy atom. The van der Waals surface area contributed by atoms with E-state index in [0.717, 1.165) is 17.8 Å². The van der Waals surface area contributed by atoms with Crippen molar-refractivity contribution in [2.24, 2.45) is 0 Å². The predicted octanol–water partition coefficient (Wildman–Crippen LogP) is 4.10. The molecule has 0 spiro atoms. The fourth-order valence-corrected chi connectivity index (χ4v) is 5.75. The van der Waals surface area contributed by atoms with E-state index in [1.807, 2.05) is 11.5 Å². The van der Waals surface area contributed by atoms with Crippen LogP contribution in [0.2, 0.25) is 0 Å². The van der Waals surface area contributed by atoms with Crippen LogP contribution in [0.25, 0.3) is 21.3 Å². The van der Waals surface area contributed by atoms with Crippen molar-refractivity contribution < 1.29 is 13.6 Å². The van der Waals surface area contributed by atoms with Crippen LogP contribution in [0.15, 0.2) is 25.0 Å². The standard InChI is InChI=1S/C25H20F2N6OS/c1-3-19(34)32-10-17-15(20-23(28)29-11-30-24(20)33(17)9-12(32)2)7-6-14-16(26)8-18-22(21(14)27)31-25(35-18)13-4-5-13/h3,8,11-13H,1,4-5,9-10H2,2H3,(H2,28,29,30)/t12-/m1/s1. The van der Waals surface area contributed by atoms with Gasteiger partial charge in [-0.05, 0) is 31.9 Å². The number of amides is 1. The Morgan fingerprint density at radius 2 is 2.06 bits per heavy atom. The van der Waals surface area contributed by atoms with Gasteiger partial charge in [-0.2, -0.15) is 0 Å². The van der Waals surface area contributed by atoms with Gasteiger partial charge in [-0.3, -0.25) is 4.79 Å². The molecule has 4 aromatic rings. The molecule has 0 unspecified atom stereocenters. The average Bonchev–Trinajstić information content (AvgIpc) is 3.53. The maximum atomic E-state index is 15.3. The van der Waals surface area contributed by atoms with Crippen LogP contribution < -0.4 is 5.73 Å². The monoisotopic (exact) mass is 490 g/mol. The Labute approximate surface area is 203 Å². The molecule has 7 nitrogen and oxygen atoms in total. The number of anilines is 1. The van der Waals surface area contributed by atoms with Crippen molar-refractivity contribution in [2.75, 3.05) is 5.73 Å². The smallest absolute Gasteiger partial charge is 0.246 e. The topological polar surface area (TPSA) is 89.9 Å². The van der Waals surface area contributed by atoms with Crippen molar-refractivity contribution in [1.82, 2.24) is 24.4 Å². The Morgan fingerprint density at radius 3 is 2.80 bits per heavy atom. The highest BCUT2D eigenvalue weighted by Gasteiger charge is 2.31. The Kier molecular flexibility index (Phi) is 4.86. The molecule has 6 rings (SSSR count). The second kappa shape index (κ2) is 7.85. The van der Waals surface area contributed by atoms with Gasteiger partial charge >= 0.3 is 0 Å². The van der Waals surface area contributed by atoms with Gasteiger partial charge in [-0.25, -0.2) is 23.7 Å². The van der Waals surface area contributed by atoms with E-state index in [4.69, 9.17) is 5.73 Å². The van der Waals surface area contributed by atoms with Crippen LogP contribution in [0.3, 0.4) is 0 Å². The maximum Gasteiger partial charge on any atom is 0.246 e. The summed E-state index contributed by atoms with van der Waals surface area (Å²) in [6.45, 7) is 6.20. The van der Waals surface area contributed by atoms with Crippen molar-refractivity contribution in [3.05, 3.63) is 58.5 Å². The van der Waals surface area contributed by atoms with Crippen molar-refractivity contribution in [3.8, 4) is 11.8 Å². The number of halogens is 2. The molecule has 4 heterocycles. The summed E-state index contributed by atoms with van der Waals surface area (Å²) in [6.07, 6.45) is 4.67. The molecule has 176 valence electrons. The van der Waals surface area contributed by atoms with Crippen LogP contribution in [0.4, 0.5) is 14.6 Å². The first-order chi connectivity index (χ1) is 16.9. The maximum absolute atomic E-state index is 15.3. The number of hydrogen-bond donors (Lipinski definition) is 1. The molecule has 2 aliphatic rings. The summed E-state index contributed by atoms with van der Waals surface area (Å²) >= 11 is 1.33. The Balaban J connectivity index is 1.53. The largest absolute Gasteiger partial charge is 0.383 e. The second-order valence-electron chi connectivity index (χ2n) is 8.88. The lowest BCUT2D eigenvalue weighted by Gasteiger charge is -2.34. The molecule has 1 saturated carbocycles. The summed E-state index contributed by atoms with van der Waals surface area (Å²) in [6, 6.07) is 1.17. The number of thiazole rings is 1. The van der Waals surface area contributed by atoms with Gasteiger partial charge in [-0.15, -0.1) is 11.3 Å². The third kappa shape index (κ3) is 3.38. The van der Waals surface area contributed by atoms with E-state index in [9.17, 15) is 9.18 Å².